The Balaban J connectivity index is 1.68. The van der Waals surface area contributed by atoms with Crippen molar-refractivity contribution in [1.82, 2.24) is 20.1 Å². The summed E-state index contributed by atoms with van der Waals surface area (Å²) >= 11 is 3.09. The van der Waals surface area contributed by atoms with Crippen molar-refractivity contribution in [2.24, 2.45) is 5.92 Å². The second-order valence-electron chi connectivity index (χ2n) is 5.21. The van der Waals surface area contributed by atoms with Crippen molar-refractivity contribution in [2.75, 3.05) is 0 Å². The molecule has 0 radical (unpaired) electrons. The fourth-order valence-electron chi connectivity index (χ4n) is 2.46. The van der Waals surface area contributed by atoms with Gasteiger partial charge >= 0.3 is 6.18 Å². The van der Waals surface area contributed by atoms with Crippen LogP contribution in [0.25, 0.3) is 0 Å². The van der Waals surface area contributed by atoms with E-state index in [1.54, 1.807) is 6.07 Å². The molecule has 124 valence electrons. The fourth-order valence-corrected chi connectivity index (χ4v) is 2.77. The van der Waals surface area contributed by atoms with Crippen LogP contribution in [0.1, 0.15) is 28.6 Å². The number of carbonyl (C=O) groups is 1. The highest BCUT2D eigenvalue weighted by Crippen LogP contribution is 2.34. The van der Waals surface area contributed by atoms with Crippen molar-refractivity contribution in [3.8, 4) is 0 Å². The van der Waals surface area contributed by atoms with Crippen molar-refractivity contribution in [3.05, 3.63) is 34.2 Å². The van der Waals surface area contributed by atoms with Gasteiger partial charge in [0.1, 0.15) is 5.82 Å². The minimum absolute atomic E-state index is 0.00835. The van der Waals surface area contributed by atoms with Crippen LogP contribution in [-0.4, -0.2) is 26.8 Å². The molecular weight excluding hydrogens is 381 g/mol. The standard InChI is InChI=1S/C13H12BrF3N4O2/c14-9-3-2-8(23-9)12(22)18-5-11-20-19-10-4-1-7(6-21(10)11)13(15,16)17/h2-3,7H,1,4-6H2,(H,18,22)/t7-/m0/s1. The molecule has 1 atom stereocenters. The Bertz CT molecular complexity index is 725. The second kappa shape index (κ2) is 5.99. The molecule has 2 aromatic heterocycles. The highest BCUT2D eigenvalue weighted by atomic mass is 79.9. The lowest BCUT2D eigenvalue weighted by Gasteiger charge is -2.26. The van der Waals surface area contributed by atoms with Gasteiger partial charge in [-0.1, -0.05) is 0 Å². The molecule has 1 aliphatic rings. The zero-order chi connectivity index (χ0) is 16.6. The topological polar surface area (TPSA) is 73.0 Å². The molecule has 1 aliphatic heterocycles. The van der Waals surface area contributed by atoms with Gasteiger partial charge < -0.3 is 14.3 Å². The summed E-state index contributed by atoms with van der Waals surface area (Å²) in [6, 6.07) is 3.06. The maximum atomic E-state index is 12.9. The Kier molecular flexibility index (Phi) is 4.17. The maximum Gasteiger partial charge on any atom is 0.393 e. The summed E-state index contributed by atoms with van der Waals surface area (Å²) in [5.74, 6) is -0.982. The molecule has 0 fully saturated rings. The third-order valence-corrected chi connectivity index (χ3v) is 4.12. The van der Waals surface area contributed by atoms with Crippen LogP contribution in [0.4, 0.5) is 13.2 Å². The van der Waals surface area contributed by atoms with E-state index in [0.717, 1.165) is 0 Å². The monoisotopic (exact) mass is 392 g/mol. The number of furan rings is 1. The van der Waals surface area contributed by atoms with Crippen LogP contribution in [0.3, 0.4) is 0 Å². The van der Waals surface area contributed by atoms with Crippen LogP contribution < -0.4 is 5.32 Å². The third kappa shape index (κ3) is 3.41. The van der Waals surface area contributed by atoms with E-state index < -0.39 is 18.0 Å². The molecule has 0 aromatic carbocycles. The first kappa shape index (κ1) is 16.0. The fraction of sp³-hybridized carbons (Fsp3) is 0.462. The Labute approximate surface area is 137 Å². The molecular formula is C13H12BrF3N4O2. The predicted octanol–water partition coefficient (Wildman–Crippen LogP) is 2.69. The molecule has 3 rings (SSSR count). The molecule has 0 saturated heterocycles. The van der Waals surface area contributed by atoms with Crippen molar-refractivity contribution in [1.29, 1.82) is 0 Å². The third-order valence-electron chi connectivity index (χ3n) is 3.69. The lowest BCUT2D eigenvalue weighted by atomic mass is 9.99. The Morgan fingerprint density at radius 1 is 1.43 bits per heavy atom. The number of aryl methyl sites for hydroxylation is 1. The minimum atomic E-state index is -4.25. The average Bonchev–Trinajstić information content (AvgIpc) is 3.09. The van der Waals surface area contributed by atoms with Crippen LogP contribution in [0.5, 0.6) is 0 Å². The van der Waals surface area contributed by atoms with Gasteiger partial charge in [-0.25, -0.2) is 0 Å². The van der Waals surface area contributed by atoms with Gasteiger partial charge in [0.2, 0.25) is 0 Å². The highest BCUT2D eigenvalue weighted by Gasteiger charge is 2.42. The van der Waals surface area contributed by atoms with Gasteiger partial charge in [-0.2, -0.15) is 13.2 Å². The number of nitrogens with one attached hydrogen (secondary N) is 1. The smallest absolute Gasteiger partial charge is 0.393 e. The van der Waals surface area contributed by atoms with Crippen molar-refractivity contribution in [3.63, 3.8) is 0 Å². The predicted molar refractivity (Wildman–Crippen MR) is 75.5 cm³/mol. The molecule has 0 spiro atoms. The highest BCUT2D eigenvalue weighted by molar-refractivity contribution is 9.10. The van der Waals surface area contributed by atoms with Crippen LogP contribution in [0, 0.1) is 5.92 Å². The van der Waals surface area contributed by atoms with E-state index in [0.29, 0.717) is 16.3 Å². The summed E-state index contributed by atoms with van der Waals surface area (Å²) in [4.78, 5) is 11.9. The van der Waals surface area contributed by atoms with Crippen molar-refractivity contribution < 1.29 is 22.4 Å². The zero-order valence-corrected chi connectivity index (χ0v) is 13.3. The van der Waals surface area contributed by atoms with Crippen molar-refractivity contribution in [2.45, 2.75) is 32.1 Å². The summed E-state index contributed by atoms with van der Waals surface area (Å²) in [5, 5.41) is 10.3. The van der Waals surface area contributed by atoms with Gasteiger partial charge in [0.15, 0.2) is 16.3 Å². The molecule has 0 saturated carbocycles. The van der Waals surface area contributed by atoms with E-state index in [-0.39, 0.29) is 31.7 Å². The zero-order valence-electron chi connectivity index (χ0n) is 11.7. The number of hydrogen-bond acceptors (Lipinski definition) is 4. The quantitative estimate of drug-likeness (QED) is 0.871. The molecule has 0 unspecified atom stereocenters. The minimum Gasteiger partial charge on any atom is -0.444 e. The summed E-state index contributed by atoms with van der Waals surface area (Å²) in [7, 11) is 0. The number of fused-ring (bicyclic) bond motifs is 1. The number of carbonyl (C=O) groups excluding carboxylic acids is 1. The van der Waals surface area contributed by atoms with Crippen molar-refractivity contribution >= 4 is 21.8 Å². The molecule has 10 heteroatoms. The molecule has 6 nitrogen and oxygen atoms in total. The van der Waals surface area contributed by atoms with E-state index in [2.05, 4.69) is 31.4 Å². The number of halogens is 4. The van der Waals surface area contributed by atoms with Crippen LogP contribution >= 0.6 is 15.9 Å². The first-order valence-corrected chi connectivity index (χ1v) is 7.65. The summed E-state index contributed by atoms with van der Waals surface area (Å²) in [6.45, 7) is -0.238. The van der Waals surface area contributed by atoms with Crippen LogP contribution in [-0.2, 0) is 19.5 Å². The number of rotatable bonds is 3. The number of hydrogen-bond donors (Lipinski definition) is 1. The first-order valence-electron chi connectivity index (χ1n) is 6.86. The van der Waals surface area contributed by atoms with Gasteiger partial charge in [-0.3, -0.25) is 4.79 Å². The molecule has 2 aromatic rings. The SMILES string of the molecule is O=C(NCc1nnc2n1C[C@@H](C(F)(F)F)CC2)c1ccc(Br)o1. The Morgan fingerprint density at radius 2 is 2.22 bits per heavy atom. The second-order valence-corrected chi connectivity index (χ2v) is 5.99. The van der Waals surface area contributed by atoms with Crippen LogP contribution in [0.2, 0.25) is 0 Å². The number of aromatic nitrogens is 3. The number of alkyl halides is 3. The van der Waals surface area contributed by atoms with E-state index in [1.165, 1.54) is 10.6 Å². The van der Waals surface area contributed by atoms with Gasteiger partial charge in [-0.05, 0) is 34.5 Å². The Morgan fingerprint density at radius 3 is 2.87 bits per heavy atom. The molecule has 1 N–H and O–H groups in total. The van der Waals surface area contributed by atoms with E-state index in [1.807, 2.05) is 0 Å². The molecule has 0 bridgehead atoms. The van der Waals surface area contributed by atoms with Gasteiger partial charge in [0.25, 0.3) is 5.91 Å². The van der Waals surface area contributed by atoms with Crippen LogP contribution in [0.15, 0.2) is 21.2 Å². The molecule has 0 aliphatic carbocycles. The lowest BCUT2D eigenvalue weighted by Crippen LogP contribution is -2.33. The van der Waals surface area contributed by atoms with Gasteiger partial charge in [0.05, 0.1) is 12.5 Å². The Hall–Kier alpha value is -1.84. The number of amides is 1. The first-order chi connectivity index (χ1) is 10.8. The molecule has 23 heavy (non-hydrogen) atoms. The average molecular weight is 393 g/mol. The number of nitrogens with zero attached hydrogens (tertiary/aromatic N) is 3. The molecule has 3 heterocycles. The molecule has 1 amide bonds. The lowest BCUT2D eigenvalue weighted by molar-refractivity contribution is -0.182. The van der Waals surface area contributed by atoms with E-state index >= 15 is 0 Å². The largest absolute Gasteiger partial charge is 0.444 e. The van der Waals surface area contributed by atoms with E-state index in [4.69, 9.17) is 4.42 Å². The summed E-state index contributed by atoms with van der Waals surface area (Å²) < 4.78 is 45.6. The van der Waals surface area contributed by atoms with E-state index in [9.17, 15) is 18.0 Å². The summed E-state index contributed by atoms with van der Waals surface area (Å²) in [6.07, 6.45) is -4.02. The van der Waals surface area contributed by atoms with Gasteiger partial charge in [0, 0.05) is 13.0 Å². The normalized spacial score (nSPS) is 17.8. The summed E-state index contributed by atoms with van der Waals surface area (Å²) in [5.41, 5.74) is 0. The maximum absolute atomic E-state index is 12.9. The van der Waals surface area contributed by atoms with Gasteiger partial charge in [-0.15, -0.1) is 10.2 Å².